The summed E-state index contributed by atoms with van der Waals surface area (Å²) in [5, 5.41) is 5.51. The van der Waals surface area contributed by atoms with Crippen molar-refractivity contribution in [3.05, 3.63) is 28.6 Å². The molecule has 0 aliphatic carbocycles. The summed E-state index contributed by atoms with van der Waals surface area (Å²) in [6.07, 6.45) is -0.00949. The Bertz CT molecular complexity index is 787. The van der Waals surface area contributed by atoms with Crippen LogP contribution in [0.1, 0.15) is 18.4 Å². The van der Waals surface area contributed by atoms with E-state index in [1.807, 2.05) is 37.4 Å². The maximum atomic E-state index is 12.6. The molecule has 1 atom stereocenters. The van der Waals surface area contributed by atoms with Crippen molar-refractivity contribution in [2.45, 2.75) is 26.4 Å². The Morgan fingerprint density at radius 1 is 1.46 bits per heavy atom. The van der Waals surface area contributed by atoms with Gasteiger partial charge < -0.3 is 10.1 Å². The first-order valence-corrected chi connectivity index (χ1v) is 8.66. The van der Waals surface area contributed by atoms with Crippen molar-refractivity contribution >= 4 is 28.8 Å². The fourth-order valence-corrected chi connectivity index (χ4v) is 3.25. The Morgan fingerprint density at radius 2 is 2.25 bits per heavy atom. The van der Waals surface area contributed by atoms with Gasteiger partial charge in [0.25, 0.3) is 5.91 Å². The quantitative estimate of drug-likeness (QED) is 0.923. The van der Waals surface area contributed by atoms with Crippen LogP contribution in [0.5, 0.6) is 5.75 Å². The number of ether oxygens (including phenoxy) is 1. The molecule has 1 unspecified atom stereocenters. The molecule has 126 valence electrons. The van der Waals surface area contributed by atoms with E-state index < -0.39 is 6.10 Å². The van der Waals surface area contributed by atoms with Crippen LogP contribution in [-0.2, 0) is 9.59 Å². The summed E-state index contributed by atoms with van der Waals surface area (Å²) in [6, 6.07) is 5.62. The van der Waals surface area contributed by atoms with Crippen LogP contribution in [0.2, 0.25) is 0 Å². The molecule has 1 aliphatic heterocycles. The molecular formula is C17H19N3O3S. The van der Waals surface area contributed by atoms with Crippen LogP contribution < -0.4 is 15.0 Å². The van der Waals surface area contributed by atoms with E-state index in [0.29, 0.717) is 17.9 Å². The molecule has 1 aromatic carbocycles. The van der Waals surface area contributed by atoms with Gasteiger partial charge in [0.15, 0.2) is 6.10 Å². The van der Waals surface area contributed by atoms with Gasteiger partial charge in [-0.1, -0.05) is 6.92 Å². The molecule has 0 saturated carbocycles. The number of amides is 2. The van der Waals surface area contributed by atoms with E-state index in [-0.39, 0.29) is 18.4 Å². The molecule has 2 amide bonds. The minimum atomic E-state index is -0.561. The van der Waals surface area contributed by atoms with Gasteiger partial charge >= 0.3 is 0 Å². The van der Waals surface area contributed by atoms with Crippen molar-refractivity contribution in [2.24, 2.45) is 0 Å². The summed E-state index contributed by atoms with van der Waals surface area (Å²) in [5.74, 6) is 0.197. The Labute approximate surface area is 144 Å². The molecule has 7 heteroatoms. The van der Waals surface area contributed by atoms with E-state index in [1.165, 1.54) is 4.90 Å². The van der Waals surface area contributed by atoms with Gasteiger partial charge in [-0.3, -0.25) is 14.5 Å². The number of anilines is 1. The highest BCUT2D eigenvalue weighted by Crippen LogP contribution is 2.38. The monoisotopic (exact) mass is 345 g/mol. The van der Waals surface area contributed by atoms with Gasteiger partial charge in [0.05, 0.1) is 16.4 Å². The van der Waals surface area contributed by atoms with Crippen LogP contribution in [0.3, 0.4) is 0 Å². The van der Waals surface area contributed by atoms with E-state index in [4.69, 9.17) is 4.74 Å². The number of nitrogens with one attached hydrogen (secondary N) is 1. The molecule has 0 radical (unpaired) electrons. The fraction of sp³-hybridized carbons (Fsp3) is 0.353. The summed E-state index contributed by atoms with van der Waals surface area (Å²) in [7, 11) is 1.56. The highest BCUT2D eigenvalue weighted by Gasteiger charge is 2.34. The molecule has 3 rings (SSSR count). The molecule has 2 aromatic rings. The molecule has 6 nitrogen and oxygen atoms in total. The number of carbonyl (C=O) groups is 2. The van der Waals surface area contributed by atoms with Gasteiger partial charge in [-0.15, -0.1) is 11.3 Å². The number of nitrogens with zero attached hydrogens (tertiary/aromatic N) is 2. The molecule has 0 bridgehead atoms. The number of benzene rings is 1. The van der Waals surface area contributed by atoms with Crippen molar-refractivity contribution in [3.63, 3.8) is 0 Å². The molecule has 1 aliphatic rings. The first-order chi connectivity index (χ1) is 11.5. The average Bonchev–Trinajstić information content (AvgIpc) is 3.03. The molecular weight excluding hydrogens is 326 g/mol. The van der Waals surface area contributed by atoms with Crippen LogP contribution in [0.4, 0.5) is 5.69 Å². The molecule has 0 fully saturated rings. The number of hydrogen-bond donors (Lipinski definition) is 1. The average molecular weight is 345 g/mol. The summed E-state index contributed by atoms with van der Waals surface area (Å²) in [5.41, 5.74) is 2.35. The Morgan fingerprint density at radius 3 is 2.88 bits per heavy atom. The van der Waals surface area contributed by atoms with Crippen LogP contribution in [-0.4, -0.2) is 36.5 Å². The number of hydrogen-bond acceptors (Lipinski definition) is 5. The third-order valence-corrected chi connectivity index (χ3v) is 4.70. The smallest absolute Gasteiger partial charge is 0.268 e. The van der Waals surface area contributed by atoms with Gasteiger partial charge in [-0.25, -0.2) is 4.98 Å². The lowest BCUT2D eigenvalue weighted by atomic mass is 10.1. The first-order valence-electron chi connectivity index (χ1n) is 7.78. The van der Waals surface area contributed by atoms with Gasteiger partial charge in [-0.2, -0.15) is 0 Å². The van der Waals surface area contributed by atoms with Crippen molar-refractivity contribution < 1.29 is 14.3 Å². The van der Waals surface area contributed by atoms with E-state index in [9.17, 15) is 9.59 Å². The summed E-state index contributed by atoms with van der Waals surface area (Å²) >= 11 is 1.57. The standard InChI is InChI=1S/C17H19N3O3S/c1-4-14-17(22)20(8-16(21)18-3)13-7-11(5-6-15(13)23-14)12-9-24-10(2)19-12/h5-7,9,14H,4,8H2,1-3H3,(H,18,21). The van der Waals surface area contributed by atoms with Crippen LogP contribution in [0.25, 0.3) is 11.3 Å². The number of rotatable bonds is 4. The number of carbonyl (C=O) groups excluding carboxylic acids is 2. The van der Waals surface area contributed by atoms with Gasteiger partial charge in [0.2, 0.25) is 5.91 Å². The molecule has 0 saturated heterocycles. The Balaban J connectivity index is 2.04. The van der Waals surface area contributed by atoms with Crippen molar-refractivity contribution in [1.29, 1.82) is 0 Å². The summed E-state index contributed by atoms with van der Waals surface area (Å²) < 4.78 is 5.79. The van der Waals surface area contributed by atoms with Gasteiger partial charge in [0, 0.05) is 18.0 Å². The van der Waals surface area contributed by atoms with E-state index in [0.717, 1.165) is 16.3 Å². The molecule has 1 aromatic heterocycles. The Kier molecular flexibility index (Phi) is 4.53. The number of thiazole rings is 1. The van der Waals surface area contributed by atoms with Crippen molar-refractivity contribution in [1.82, 2.24) is 10.3 Å². The highest BCUT2D eigenvalue weighted by atomic mass is 32.1. The minimum absolute atomic E-state index is 0.0261. The second-order valence-electron chi connectivity index (χ2n) is 5.55. The lowest BCUT2D eigenvalue weighted by Crippen LogP contribution is -2.49. The number of aromatic nitrogens is 1. The number of aryl methyl sites for hydroxylation is 1. The topological polar surface area (TPSA) is 71.5 Å². The maximum absolute atomic E-state index is 12.6. The normalized spacial score (nSPS) is 16.5. The summed E-state index contributed by atoms with van der Waals surface area (Å²) in [6.45, 7) is 3.81. The van der Waals surface area contributed by atoms with Crippen LogP contribution in [0.15, 0.2) is 23.6 Å². The molecule has 2 heterocycles. The van der Waals surface area contributed by atoms with Crippen LogP contribution in [0, 0.1) is 6.92 Å². The van der Waals surface area contributed by atoms with E-state index >= 15 is 0 Å². The lowest BCUT2D eigenvalue weighted by molar-refractivity contribution is -0.128. The maximum Gasteiger partial charge on any atom is 0.268 e. The third kappa shape index (κ3) is 2.99. The van der Waals surface area contributed by atoms with Crippen molar-refractivity contribution in [3.8, 4) is 17.0 Å². The molecule has 1 N–H and O–H groups in total. The van der Waals surface area contributed by atoms with Crippen molar-refractivity contribution in [2.75, 3.05) is 18.5 Å². The predicted molar refractivity (Wildman–Crippen MR) is 93.4 cm³/mol. The molecule has 0 spiro atoms. The second kappa shape index (κ2) is 6.60. The molecule has 24 heavy (non-hydrogen) atoms. The predicted octanol–water partition coefficient (Wildman–Crippen LogP) is 2.37. The summed E-state index contributed by atoms with van der Waals surface area (Å²) in [4.78, 5) is 30.4. The lowest BCUT2D eigenvalue weighted by Gasteiger charge is -2.33. The number of likely N-dealkylation sites (N-methyl/N-ethyl adjacent to an activating group) is 1. The zero-order valence-corrected chi connectivity index (χ0v) is 14.6. The first kappa shape index (κ1) is 16.4. The highest BCUT2D eigenvalue weighted by molar-refractivity contribution is 7.09. The zero-order chi connectivity index (χ0) is 17.3. The van der Waals surface area contributed by atoms with E-state index in [2.05, 4.69) is 10.3 Å². The minimum Gasteiger partial charge on any atom is -0.478 e. The largest absolute Gasteiger partial charge is 0.478 e. The van der Waals surface area contributed by atoms with Gasteiger partial charge in [-0.05, 0) is 31.5 Å². The second-order valence-corrected chi connectivity index (χ2v) is 6.61. The van der Waals surface area contributed by atoms with E-state index in [1.54, 1.807) is 18.4 Å². The number of fused-ring (bicyclic) bond motifs is 1. The fourth-order valence-electron chi connectivity index (χ4n) is 2.62. The van der Waals surface area contributed by atoms with Gasteiger partial charge in [0.1, 0.15) is 12.3 Å². The Hall–Kier alpha value is -2.41. The zero-order valence-electron chi connectivity index (χ0n) is 13.8. The SMILES string of the molecule is CCC1Oc2ccc(-c3csc(C)n3)cc2N(CC(=O)NC)C1=O. The van der Waals surface area contributed by atoms with Crippen LogP contribution >= 0.6 is 11.3 Å². The third-order valence-electron chi connectivity index (χ3n) is 3.93.